The lowest BCUT2D eigenvalue weighted by molar-refractivity contribution is -0.115. The molecule has 0 saturated carbocycles. The molecule has 1 amide bonds. The fraction of sp³-hybridized carbons (Fsp3) is 0.200. The van der Waals surface area contributed by atoms with Crippen molar-refractivity contribution in [1.29, 1.82) is 5.26 Å². The van der Waals surface area contributed by atoms with Crippen LogP contribution in [0.15, 0.2) is 18.2 Å². The fourth-order valence-corrected chi connectivity index (χ4v) is 1.51. The first kappa shape index (κ1) is 11.0. The number of halogens is 1. The van der Waals surface area contributed by atoms with E-state index in [1.807, 2.05) is 31.2 Å². The molecule has 0 saturated heterocycles. The molecule has 0 unspecified atom stereocenters. The number of carbonyl (C=O) groups excluding carboxylic acids is 1. The number of benzene rings is 1. The van der Waals surface area contributed by atoms with Crippen LogP contribution in [0.1, 0.15) is 12.0 Å². The van der Waals surface area contributed by atoms with Crippen LogP contribution in [-0.2, 0) is 4.79 Å². The third-order valence-corrected chi connectivity index (χ3v) is 2.95. The average molecular weight is 300 g/mol. The van der Waals surface area contributed by atoms with Crippen LogP contribution >= 0.6 is 22.6 Å². The van der Waals surface area contributed by atoms with Gasteiger partial charge < -0.3 is 5.32 Å². The minimum atomic E-state index is -0.266. The van der Waals surface area contributed by atoms with Gasteiger partial charge in [0.15, 0.2) is 0 Å². The van der Waals surface area contributed by atoms with E-state index < -0.39 is 0 Å². The molecule has 0 aromatic heterocycles. The van der Waals surface area contributed by atoms with E-state index in [-0.39, 0.29) is 12.3 Å². The van der Waals surface area contributed by atoms with Gasteiger partial charge in [0.25, 0.3) is 0 Å². The molecule has 1 aromatic carbocycles. The Morgan fingerprint density at radius 1 is 1.64 bits per heavy atom. The number of nitrogens with zero attached hydrogens (tertiary/aromatic N) is 1. The third kappa shape index (κ3) is 2.70. The number of amides is 1. The van der Waals surface area contributed by atoms with Crippen molar-refractivity contribution in [2.24, 2.45) is 0 Å². The van der Waals surface area contributed by atoms with Gasteiger partial charge in [-0.3, -0.25) is 4.79 Å². The SMILES string of the molecule is Cc1c(I)cccc1NC(=O)CC#N. The number of hydrogen-bond acceptors (Lipinski definition) is 2. The highest BCUT2D eigenvalue weighted by Gasteiger charge is 2.05. The zero-order valence-corrected chi connectivity index (χ0v) is 9.83. The molecule has 0 bridgehead atoms. The Balaban J connectivity index is 2.83. The third-order valence-electron chi connectivity index (χ3n) is 1.78. The van der Waals surface area contributed by atoms with Crippen molar-refractivity contribution >= 4 is 34.2 Å². The van der Waals surface area contributed by atoms with Gasteiger partial charge in [0.05, 0.1) is 6.07 Å². The molecule has 0 aliphatic carbocycles. The normalized spacial score (nSPS) is 9.21. The highest BCUT2D eigenvalue weighted by molar-refractivity contribution is 14.1. The Kier molecular flexibility index (Phi) is 3.89. The van der Waals surface area contributed by atoms with Gasteiger partial charge in [-0.2, -0.15) is 5.26 Å². The van der Waals surface area contributed by atoms with Crippen molar-refractivity contribution in [2.45, 2.75) is 13.3 Å². The molecule has 0 radical (unpaired) electrons. The molecule has 0 aliphatic heterocycles. The Hall–Kier alpha value is -1.09. The van der Waals surface area contributed by atoms with E-state index in [9.17, 15) is 4.79 Å². The largest absolute Gasteiger partial charge is 0.325 e. The quantitative estimate of drug-likeness (QED) is 0.853. The van der Waals surface area contributed by atoms with Crippen molar-refractivity contribution in [3.05, 3.63) is 27.3 Å². The van der Waals surface area contributed by atoms with Crippen LogP contribution in [0, 0.1) is 21.8 Å². The molecular weight excluding hydrogens is 291 g/mol. The average Bonchev–Trinajstić information content (AvgIpc) is 2.13. The van der Waals surface area contributed by atoms with E-state index in [0.717, 1.165) is 14.8 Å². The summed E-state index contributed by atoms with van der Waals surface area (Å²) in [4.78, 5) is 11.1. The predicted octanol–water partition coefficient (Wildman–Crippen LogP) is 2.45. The number of hydrogen-bond donors (Lipinski definition) is 1. The van der Waals surface area contributed by atoms with E-state index in [1.54, 1.807) is 0 Å². The van der Waals surface area contributed by atoms with Gasteiger partial charge in [0.2, 0.25) is 5.91 Å². The smallest absolute Gasteiger partial charge is 0.238 e. The summed E-state index contributed by atoms with van der Waals surface area (Å²) >= 11 is 2.20. The van der Waals surface area contributed by atoms with E-state index in [4.69, 9.17) is 5.26 Å². The number of nitriles is 1. The lowest BCUT2D eigenvalue weighted by Gasteiger charge is -2.07. The summed E-state index contributed by atoms with van der Waals surface area (Å²) in [6.45, 7) is 1.93. The topological polar surface area (TPSA) is 52.9 Å². The molecule has 1 N–H and O–H groups in total. The highest BCUT2D eigenvalue weighted by atomic mass is 127. The van der Waals surface area contributed by atoms with Crippen LogP contribution < -0.4 is 5.32 Å². The monoisotopic (exact) mass is 300 g/mol. The molecule has 1 aromatic rings. The van der Waals surface area contributed by atoms with E-state index in [2.05, 4.69) is 27.9 Å². The maximum atomic E-state index is 11.1. The van der Waals surface area contributed by atoms with E-state index >= 15 is 0 Å². The second-order valence-corrected chi connectivity index (χ2v) is 3.96. The van der Waals surface area contributed by atoms with Crippen molar-refractivity contribution in [3.63, 3.8) is 0 Å². The lowest BCUT2D eigenvalue weighted by Crippen LogP contribution is -2.11. The highest BCUT2D eigenvalue weighted by Crippen LogP contribution is 2.20. The molecule has 72 valence electrons. The van der Waals surface area contributed by atoms with Gasteiger partial charge in [-0.15, -0.1) is 0 Å². The van der Waals surface area contributed by atoms with Crippen LogP contribution in [0.3, 0.4) is 0 Å². The van der Waals surface area contributed by atoms with Crippen molar-refractivity contribution in [3.8, 4) is 6.07 Å². The standard InChI is InChI=1S/C10H9IN2O/c1-7-8(11)3-2-4-9(7)13-10(14)5-6-12/h2-4H,5H2,1H3,(H,13,14). The van der Waals surface area contributed by atoms with Crippen molar-refractivity contribution in [1.82, 2.24) is 0 Å². The zero-order chi connectivity index (χ0) is 10.6. The Morgan fingerprint density at radius 3 is 3.00 bits per heavy atom. The molecule has 0 heterocycles. The molecule has 14 heavy (non-hydrogen) atoms. The van der Waals surface area contributed by atoms with Crippen molar-refractivity contribution in [2.75, 3.05) is 5.32 Å². The maximum absolute atomic E-state index is 11.1. The molecule has 0 aliphatic rings. The first-order valence-corrected chi connectivity index (χ1v) is 5.15. The molecule has 3 nitrogen and oxygen atoms in total. The predicted molar refractivity (Wildman–Crippen MR) is 62.8 cm³/mol. The summed E-state index contributed by atoms with van der Waals surface area (Å²) in [7, 11) is 0. The molecule has 4 heteroatoms. The van der Waals surface area contributed by atoms with Gasteiger partial charge in [-0.25, -0.2) is 0 Å². The number of nitrogens with one attached hydrogen (secondary N) is 1. The van der Waals surface area contributed by atoms with Gasteiger partial charge >= 0.3 is 0 Å². The van der Waals surface area contributed by atoms with Gasteiger partial charge in [0, 0.05) is 9.26 Å². The molecule has 0 fully saturated rings. The summed E-state index contributed by atoms with van der Waals surface area (Å²) < 4.78 is 1.09. The number of rotatable bonds is 2. The van der Waals surface area contributed by atoms with E-state index in [1.165, 1.54) is 0 Å². The molecule has 1 rings (SSSR count). The Morgan fingerprint density at radius 2 is 2.36 bits per heavy atom. The summed E-state index contributed by atoms with van der Waals surface area (Å²) in [5, 5.41) is 11.0. The fourth-order valence-electron chi connectivity index (χ4n) is 1.01. The summed E-state index contributed by atoms with van der Waals surface area (Å²) in [5.74, 6) is -0.266. The minimum absolute atomic E-state index is 0.106. The van der Waals surface area contributed by atoms with Gasteiger partial charge in [-0.1, -0.05) is 6.07 Å². The van der Waals surface area contributed by atoms with Crippen LogP contribution in [0.4, 0.5) is 5.69 Å². The first-order valence-electron chi connectivity index (χ1n) is 4.07. The Bertz CT molecular complexity index is 396. The van der Waals surface area contributed by atoms with Gasteiger partial charge in [0.1, 0.15) is 6.42 Å². The van der Waals surface area contributed by atoms with E-state index in [0.29, 0.717) is 0 Å². The van der Waals surface area contributed by atoms with Crippen LogP contribution in [0.25, 0.3) is 0 Å². The van der Waals surface area contributed by atoms with Crippen LogP contribution in [0.2, 0.25) is 0 Å². The number of carbonyl (C=O) groups is 1. The molecular formula is C10H9IN2O. The maximum Gasteiger partial charge on any atom is 0.238 e. The second-order valence-electron chi connectivity index (χ2n) is 2.80. The summed E-state index contributed by atoms with van der Waals surface area (Å²) in [6, 6.07) is 7.47. The summed E-state index contributed by atoms with van der Waals surface area (Å²) in [6.07, 6.45) is -0.106. The molecule has 0 atom stereocenters. The zero-order valence-electron chi connectivity index (χ0n) is 7.67. The first-order chi connectivity index (χ1) is 6.65. The summed E-state index contributed by atoms with van der Waals surface area (Å²) in [5.41, 5.74) is 1.80. The lowest BCUT2D eigenvalue weighted by atomic mass is 10.2. The van der Waals surface area contributed by atoms with Crippen LogP contribution in [0.5, 0.6) is 0 Å². The second kappa shape index (κ2) is 4.96. The molecule has 0 spiro atoms. The number of anilines is 1. The minimum Gasteiger partial charge on any atom is -0.325 e. The van der Waals surface area contributed by atoms with Gasteiger partial charge in [-0.05, 0) is 47.2 Å². The Labute approximate surface area is 96.3 Å². The van der Waals surface area contributed by atoms with Crippen molar-refractivity contribution < 1.29 is 4.79 Å². The van der Waals surface area contributed by atoms with Crippen LogP contribution in [-0.4, -0.2) is 5.91 Å².